The van der Waals surface area contributed by atoms with E-state index in [1.807, 2.05) is 0 Å². The first kappa shape index (κ1) is 14.5. The van der Waals surface area contributed by atoms with Gasteiger partial charge in [0.2, 0.25) is 0 Å². The average Bonchev–Trinajstić information content (AvgIpc) is 2.87. The molecule has 6 nitrogen and oxygen atoms in total. The van der Waals surface area contributed by atoms with E-state index in [0.29, 0.717) is 11.5 Å². The van der Waals surface area contributed by atoms with Crippen LogP contribution in [0.2, 0.25) is 0 Å². The zero-order valence-corrected chi connectivity index (χ0v) is 11.9. The highest BCUT2D eigenvalue weighted by Crippen LogP contribution is 2.27. The molecule has 0 spiro atoms. The average molecular weight is 287 g/mol. The second-order valence-electron chi connectivity index (χ2n) is 5.14. The van der Waals surface area contributed by atoms with Crippen molar-refractivity contribution >= 4 is 10.0 Å². The van der Waals surface area contributed by atoms with Crippen LogP contribution in [0.15, 0.2) is 11.2 Å². The van der Waals surface area contributed by atoms with Gasteiger partial charge in [0.15, 0.2) is 5.03 Å². The van der Waals surface area contributed by atoms with Crippen molar-refractivity contribution in [2.75, 3.05) is 0 Å². The van der Waals surface area contributed by atoms with Crippen molar-refractivity contribution in [1.82, 2.24) is 14.9 Å². The molecule has 0 bridgehead atoms. The van der Waals surface area contributed by atoms with Crippen molar-refractivity contribution < 1.29 is 13.5 Å². The van der Waals surface area contributed by atoms with Crippen molar-refractivity contribution in [1.29, 1.82) is 0 Å². The predicted octanol–water partition coefficient (Wildman–Crippen LogP) is 1.15. The molecule has 0 amide bonds. The van der Waals surface area contributed by atoms with Crippen molar-refractivity contribution in [3.63, 3.8) is 0 Å². The molecule has 1 aromatic rings. The van der Waals surface area contributed by atoms with Crippen LogP contribution in [0.4, 0.5) is 0 Å². The van der Waals surface area contributed by atoms with E-state index in [4.69, 9.17) is 5.11 Å². The van der Waals surface area contributed by atoms with Crippen LogP contribution >= 0.6 is 0 Å². The molecule has 0 aromatic carbocycles. The third-order valence-electron chi connectivity index (χ3n) is 3.80. The van der Waals surface area contributed by atoms with Crippen molar-refractivity contribution in [2.24, 2.45) is 5.92 Å². The lowest BCUT2D eigenvalue weighted by Crippen LogP contribution is -2.38. The van der Waals surface area contributed by atoms with E-state index in [1.54, 1.807) is 0 Å². The highest BCUT2D eigenvalue weighted by Gasteiger charge is 2.27. The number of hydrogen-bond acceptors (Lipinski definition) is 4. The maximum absolute atomic E-state index is 12.2. The molecule has 1 aliphatic carbocycles. The molecule has 0 saturated heterocycles. The van der Waals surface area contributed by atoms with E-state index >= 15 is 0 Å². The van der Waals surface area contributed by atoms with E-state index in [0.717, 1.165) is 25.7 Å². The molecule has 2 unspecified atom stereocenters. The fourth-order valence-corrected chi connectivity index (χ4v) is 4.10. The Labute approximate surface area is 113 Å². The van der Waals surface area contributed by atoms with Gasteiger partial charge in [-0.1, -0.05) is 26.2 Å². The van der Waals surface area contributed by atoms with Gasteiger partial charge in [0, 0.05) is 11.6 Å². The lowest BCUT2D eigenvalue weighted by Gasteiger charge is -2.28. The summed E-state index contributed by atoms with van der Waals surface area (Å²) >= 11 is 0. The Morgan fingerprint density at radius 2 is 2.32 bits per heavy atom. The highest BCUT2D eigenvalue weighted by molar-refractivity contribution is 7.89. The summed E-state index contributed by atoms with van der Waals surface area (Å²) in [5.74, 6) is 0.598. The van der Waals surface area contributed by atoms with Gasteiger partial charge in [-0.15, -0.1) is 0 Å². The first-order valence-corrected chi connectivity index (χ1v) is 8.20. The molecule has 2 rings (SSSR count). The minimum atomic E-state index is -3.62. The summed E-state index contributed by atoms with van der Waals surface area (Å²) in [5.41, 5.74) is 0.301. The minimum absolute atomic E-state index is 0.0152. The summed E-state index contributed by atoms with van der Waals surface area (Å²) in [4.78, 5) is 0. The standard InChI is InChI=1S/C12H21N3O3S/c1-2-9-4-3-5-11(6-9)15-19(17,18)12-10(8-16)7-13-14-12/h7,9,11,15-16H,2-6,8H2,1H3,(H,13,14). The zero-order chi connectivity index (χ0) is 13.9. The zero-order valence-electron chi connectivity index (χ0n) is 11.1. The fourth-order valence-electron chi connectivity index (χ4n) is 2.69. The van der Waals surface area contributed by atoms with Crippen LogP contribution in [0.1, 0.15) is 44.6 Å². The molecule has 2 atom stereocenters. The van der Waals surface area contributed by atoms with Crippen molar-refractivity contribution in [3.05, 3.63) is 11.8 Å². The number of aromatic nitrogens is 2. The molecular weight excluding hydrogens is 266 g/mol. The third-order valence-corrected chi connectivity index (χ3v) is 5.33. The molecule has 19 heavy (non-hydrogen) atoms. The molecule has 7 heteroatoms. The molecule has 0 aliphatic heterocycles. The smallest absolute Gasteiger partial charge is 0.258 e. The lowest BCUT2D eigenvalue weighted by molar-refractivity contribution is 0.278. The Morgan fingerprint density at radius 3 is 3.00 bits per heavy atom. The van der Waals surface area contributed by atoms with Gasteiger partial charge in [0.25, 0.3) is 10.0 Å². The Bertz CT molecular complexity index is 512. The molecule has 1 saturated carbocycles. The van der Waals surface area contributed by atoms with E-state index < -0.39 is 10.0 Å². The summed E-state index contributed by atoms with van der Waals surface area (Å²) in [5, 5.41) is 15.2. The number of hydrogen-bond donors (Lipinski definition) is 3. The van der Waals surface area contributed by atoms with Gasteiger partial charge in [-0.2, -0.15) is 5.10 Å². The molecule has 0 radical (unpaired) electrons. The fraction of sp³-hybridized carbons (Fsp3) is 0.750. The number of sulfonamides is 1. The number of aliphatic hydroxyl groups excluding tert-OH is 1. The SMILES string of the molecule is CCC1CCCC(NS(=O)(=O)c2[nH]ncc2CO)C1. The topological polar surface area (TPSA) is 95.1 Å². The summed E-state index contributed by atoms with van der Waals surface area (Å²) in [6, 6.07) is -0.0152. The normalized spacial score (nSPS) is 24.5. The molecule has 108 valence electrons. The van der Waals surface area contributed by atoms with Crippen LogP contribution in [0.5, 0.6) is 0 Å². The molecule has 1 heterocycles. The molecule has 1 aliphatic rings. The van der Waals surface area contributed by atoms with Crippen LogP contribution in [0.25, 0.3) is 0 Å². The maximum Gasteiger partial charge on any atom is 0.258 e. The van der Waals surface area contributed by atoms with Gasteiger partial charge in [-0.25, -0.2) is 13.1 Å². The van der Waals surface area contributed by atoms with Gasteiger partial charge >= 0.3 is 0 Å². The third kappa shape index (κ3) is 3.34. The first-order chi connectivity index (χ1) is 9.06. The van der Waals surface area contributed by atoms with Crippen LogP contribution < -0.4 is 4.72 Å². The quantitative estimate of drug-likeness (QED) is 0.757. The minimum Gasteiger partial charge on any atom is -0.392 e. The van der Waals surface area contributed by atoms with Gasteiger partial charge in [-0.3, -0.25) is 5.10 Å². The number of aromatic amines is 1. The summed E-state index contributed by atoms with van der Waals surface area (Å²) in [7, 11) is -3.62. The highest BCUT2D eigenvalue weighted by atomic mass is 32.2. The number of nitrogens with one attached hydrogen (secondary N) is 2. The monoisotopic (exact) mass is 287 g/mol. The van der Waals surface area contributed by atoms with Crippen LogP contribution in [0, 0.1) is 5.92 Å². The summed E-state index contributed by atoms with van der Waals surface area (Å²) in [6.07, 6.45) is 6.42. The predicted molar refractivity (Wildman–Crippen MR) is 70.9 cm³/mol. The van der Waals surface area contributed by atoms with Crippen molar-refractivity contribution in [2.45, 2.75) is 56.7 Å². The summed E-state index contributed by atoms with van der Waals surface area (Å²) in [6.45, 7) is 1.80. The van der Waals surface area contributed by atoms with Crippen LogP contribution in [0.3, 0.4) is 0 Å². The molecular formula is C12H21N3O3S. The second kappa shape index (κ2) is 6.02. The Hall–Kier alpha value is -0.920. The maximum atomic E-state index is 12.2. The van der Waals surface area contributed by atoms with Gasteiger partial charge in [-0.05, 0) is 18.8 Å². The Kier molecular flexibility index (Phi) is 4.59. The van der Waals surface area contributed by atoms with Crippen molar-refractivity contribution in [3.8, 4) is 0 Å². The van der Waals surface area contributed by atoms with Gasteiger partial charge < -0.3 is 5.11 Å². The van der Waals surface area contributed by atoms with Gasteiger partial charge in [0.1, 0.15) is 0 Å². The Morgan fingerprint density at radius 1 is 1.53 bits per heavy atom. The largest absolute Gasteiger partial charge is 0.392 e. The van der Waals surface area contributed by atoms with Crippen LogP contribution in [-0.2, 0) is 16.6 Å². The van der Waals surface area contributed by atoms with E-state index in [2.05, 4.69) is 21.8 Å². The second-order valence-corrected chi connectivity index (χ2v) is 6.79. The molecule has 1 fully saturated rings. The first-order valence-electron chi connectivity index (χ1n) is 6.72. The number of H-pyrrole nitrogens is 1. The lowest BCUT2D eigenvalue weighted by atomic mass is 9.85. The van der Waals surface area contributed by atoms with Crippen LogP contribution in [-0.4, -0.2) is 29.8 Å². The number of rotatable bonds is 5. The van der Waals surface area contributed by atoms with E-state index in [1.165, 1.54) is 12.6 Å². The molecule has 3 N–H and O–H groups in total. The molecule has 1 aromatic heterocycles. The summed E-state index contributed by atoms with van der Waals surface area (Å²) < 4.78 is 27.2. The number of aliphatic hydroxyl groups is 1. The van der Waals surface area contributed by atoms with E-state index in [-0.39, 0.29) is 17.7 Å². The number of nitrogens with zero attached hydrogens (tertiary/aromatic N) is 1. The Balaban J connectivity index is 2.09. The van der Waals surface area contributed by atoms with Gasteiger partial charge in [0.05, 0.1) is 12.8 Å². The van der Waals surface area contributed by atoms with E-state index in [9.17, 15) is 8.42 Å².